The molecule has 36 heavy (non-hydrogen) atoms. The van der Waals surface area contributed by atoms with Gasteiger partial charge in [-0.05, 0) is 49.6 Å². The number of carbonyl (C=O) groups is 2. The quantitative estimate of drug-likeness (QED) is 0.381. The predicted molar refractivity (Wildman–Crippen MR) is 146 cm³/mol. The topological polar surface area (TPSA) is 88.5 Å². The van der Waals surface area contributed by atoms with E-state index < -0.39 is 0 Å². The Kier molecular flexibility index (Phi) is 9.17. The van der Waals surface area contributed by atoms with Crippen molar-refractivity contribution < 1.29 is 14.3 Å². The van der Waals surface area contributed by atoms with Crippen LogP contribution in [0, 0.1) is 6.92 Å². The van der Waals surface area contributed by atoms with Crippen LogP contribution < -0.4 is 10.6 Å². The van der Waals surface area contributed by atoms with Crippen LogP contribution in [0.4, 0.5) is 16.3 Å². The summed E-state index contributed by atoms with van der Waals surface area (Å²) in [6, 6.07) is 17.0. The van der Waals surface area contributed by atoms with E-state index >= 15 is 0 Å². The third kappa shape index (κ3) is 7.35. The van der Waals surface area contributed by atoms with Crippen molar-refractivity contribution >= 4 is 35.2 Å². The number of nitrogens with zero attached hydrogens (tertiary/aromatic N) is 3. The van der Waals surface area contributed by atoms with Gasteiger partial charge >= 0.3 is 6.03 Å². The van der Waals surface area contributed by atoms with E-state index in [4.69, 9.17) is 9.84 Å². The van der Waals surface area contributed by atoms with Crippen LogP contribution in [0.5, 0.6) is 0 Å². The van der Waals surface area contributed by atoms with Crippen LogP contribution in [-0.4, -0.2) is 59.7 Å². The minimum absolute atomic E-state index is 0.137. The van der Waals surface area contributed by atoms with E-state index in [1.54, 1.807) is 23.6 Å². The van der Waals surface area contributed by atoms with E-state index in [1.165, 1.54) is 4.90 Å². The second-order valence-electron chi connectivity index (χ2n) is 9.53. The van der Waals surface area contributed by atoms with Crippen molar-refractivity contribution in [1.82, 2.24) is 14.7 Å². The molecule has 9 heteroatoms. The number of anilines is 2. The molecule has 2 N–H and O–H groups in total. The normalized spacial score (nSPS) is 11.3. The first-order valence-corrected chi connectivity index (χ1v) is 13.0. The summed E-state index contributed by atoms with van der Waals surface area (Å²) in [5, 5.41) is 10.6. The summed E-state index contributed by atoms with van der Waals surface area (Å²) in [7, 11) is 1.56. The van der Waals surface area contributed by atoms with Crippen molar-refractivity contribution in [2.75, 3.05) is 43.7 Å². The molecule has 0 aliphatic rings. The van der Waals surface area contributed by atoms with Gasteiger partial charge in [-0.15, -0.1) is 11.8 Å². The molecule has 0 spiro atoms. The second-order valence-corrected chi connectivity index (χ2v) is 10.4. The Bertz CT molecular complexity index is 1170. The monoisotopic (exact) mass is 509 g/mol. The molecule has 0 fully saturated rings. The number of ether oxygens (including phenoxy) is 1. The van der Waals surface area contributed by atoms with Gasteiger partial charge in [0.15, 0.2) is 0 Å². The van der Waals surface area contributed by atoms with Crippen molar-refractivity contribution in [2.45, 2.75) is 38.0 Å². The second kappa shape index (κ2) is 12.1. The molecule has 0 radical (unpaired) electrons. The Morgan fingerprint density at radius 3 is 2.31 bits per heavy atom. The molecular formula is C27H35N5O3S. The first-order valence-electron chi connectivity index (χ1n) is 11.8. The standard InChI is InChI=1S/C27H35N5O3S/c1-19-7-11-21(12-8-19)32-24(17-23(30-32)27(2,3)4)29-25(33)18-31(15-16-35-5)26(34)28-20-9-13-22(36-6)14-10-20/h7-14,17H,15-16,18H2,1-6H3,(H,28,34)(H,29,33). The lowest BCUT2D eigenvalue weighted by Crippen LogP contribution is -2.42. The molecule has 3 amide bonds. The Labute approximate surface area is 217 Å². The average Bonchev–Trinajstić information content (AvgIpc) is 3.27. The fraction of sp³-hybridized carbons (Fsp3) is 0.370. The van der Waals surface area contributed by atoms with Gasteiger partial charge in [0.05, 0.1) is 18.0 Å². The van der Waals surface area contributed by atoms with Gasteiger partial charge in [0.1, 0.15) is 12.4 Å². The van der Waals surface area contributed by atoms with Gasteiger partial charge in [0.25, 0.3) is 0 Å². The Morgan fingerprint density at radius 1 is 1.06 bits per heavy atom. The summed E-state index contributed by atoms with van der Waals surface area (Å²) in [6.45, 7) is 8.68. The number of thioether (sulfide) groups is 1. The Morgan fingerprint density at radius 2 is 1.72 bits per heavy atom. The van der Waals surface area contributed by atoms with Gasteiger partial charge in [0.2, 0.25) is 5.91 Å². The van der Waals surface area contributed by atoms with Crippen molar-refractivity contribution in [2.24, 2.45) is 0 Å². The lowest BCUT2D eigenvalue weighted by atomic mass is 9.92. The van der Waals surface area contributed by atoms with Gasteiger partial charge in [-0.3, -0.25) is 4.79 Å². The number of nitrogens with one attached hydrogen (secondary N) is 2. The van der Waals surface area contributed by atoms with Crippen molar-refractivity contribution in [3.05, 3.63) is 65.9 Å². The predicted octanol–water partition coefficient (Wildman–Crippen LogP) is 5.32. The van der Waals surface area contributed by atoms with Crippen LogP contribution in [0.15, 0.2) is 59.5 Å². The maximum atomic E-state index is 13.1. The Balaban J connectivity index is 1.78. The molecule has 0 saturated carbocycles. The molecule has 192 valence electrons. The smallest absolute Gasteiger partial charge is 0.322 e. The molecule has 2 aromatic carbocycles. The number of carbonyl (C=O) groups excluding carboxylic acids is 2. The molecule has 0 aliphatic carbocycles. The highest BCUT2D eigenvalue weighted by molar-refractivity contribution is 7.98. The lowest BCUT2D eigenvalue weighted by molar-refractivity contribution is -0.116. The zero-order valence-electron chi connectivity index (χ0n) is 21.8. The zero-order chi connectivity index (χ0) is 26.3. The minimum Gasteiger partial charge on any atom is -0.383 e. The van der Waals surface area contributed by atoms with Crippen LogP contribution >= 0.6 is 11.8 Å². The van der Waals surface area contributed by atoms with E-state index in [-0.39, 0.29) is 30.4 Å². The van der Waals surface area contributed by atoms with Gasteiger partial charge < -0.3 is 20.3 Å². The van der Waals surface area contributed by atoms with E-state index in [1.807, 2.05) is 67.8 Å². The van der Waals surface area contributed by atoms with E-state index in [2.05, 4.69) is 31.4 Å². The number of amides is 3. The molecule has 0 saturated heterocycles. The minimum atomic E-state index is -0.374. The first-order chi connectivity index (χ1) is 17.1. The van der Waals surface area contributed by atoms with E-state index in [0.717, 1.165) is 21.8 Å². The molecule has 3 aromatic rings. The highest BCUT2D eigenvalue weighted by Gasteiger charge is 2.23. The Hall–Kier alpha value is -3.30. The van der Waals surface area contributed by atoms with Crippen LogP contribution in [0.2, 0.25) is 0 Å². The van der Waals surface area contributed by atoms with Gasteiger partial charge in [-0.1, -0.05) is 38.5 Å². The summed E-state index contributed by atoms with van der Waals surface area (Å²) in [5.41, 5.74) is 3.28. The molecule has 1 heterocycles. The summed E-state index contributed by atoms with van der Waals surface area (Å²) in [5.74, 6) is 0.223. The molecule has 0 unspecified atom stereocenters. The number of aromatic nitrogens is 2. The molecular weight excluding hydrogens is 474 g/mol. The SMILES string of the molecule is COCCN(CC(=O)Nc1cc(C(C)(C)C)nn1-c1ccc(C)cc1)C(=O)Nc1ccc(SC)cc1. The fourth-order valence-corrected chi connectivity index (χ4v) is 3.81. The number of urea groups is 1. The molecule has 8 nitrogen and oxygen atoms in total. The third-order valence-corrected chi connectivity index (χ3v) is 6.30. The zero-order valence-corrected chi connectivity index (χ0v) is 22.6. The molecule has 1 aromatic heterocycles. The van der Waals surface area contributed by atoms with Gasteiger partial charge in [-0.25, -0.2) is 9.48 Å². The lowest BCUT2D eigenvalue weighted by Gasteiger charge is -2.22. The number of hydrogen-bond acceptors (Lipinski definition) is 5. The van der Waals surface area contributed by atoms with Crippen LogP contribution in [-0.2, 0) is 14.9 Å². The highest BCUT2D eigenvalue weighted by atomic mass is 32.2. The number of methoxy groups -OCH3 is 1. The van der Waals surface area contributed by atoms with Crippen LogP contribution in [0.25, 0.3) is 5.69 Å². The van der Waals surface area contributed by atoms with Crippen LogP contribution in [0.1, 0.15) is 32.0 Å². The highest BCUT2D eigenvalue weighted by Crippen LogP contribution is 2.26. The molecule has 0 atom stereocenters. The van der Waals surface area contributed by atoms with Crippen molar-refractivity contribution in [1.29, 1.82) is 0 Å². The fourth-order valence-electron chi connectivity index (χ4n) is 3.41. The van der Waals surface area contributed by atoms with E-state index in [9.17, 15) is 9.59 Å². The number of rotatable bonds is 9. The summed E-state index contributed by atoms with van der Waals surface area (Å²) < 4.78 is 6.89. The summed E-state index contributed by atoms with van der Waals surface area (Å²) in [6.07, 6.45) is 1.99. The number of benzene rings is 2. The molecule has 0 aliphatic heterocycles. The molecule has 3 rings (SSSR count). The number of aryl methyl sites for hydroxylation is 1. The van der Waals surface area contributed by atoms with Crippen molar-refractivity contribution in [3.8, 4) is 5.69 Å². The van der Waals surface area contributed by atoms with Crippen molar-refractivity contribution in [3.63, 3.8) is 0 Å². The maximum Gasteiger partial charge on any atom is 0.322 e. The third-order valence-electron chi connectivity index (χ3n) is 5.55. The summed E-state index contributed by atoms with van der Waals surface area (Å²) >= 11 is 1.63. The van der Waals surface area contributed by atoms with Crippen LogP contribution in [0.3, 0.4) is 0 Å². The number of hydrogen-bond donors (Lipinski definition) is 2. The summed E-state index contributed by atoms with van der Waals surface area (Å²) in [4.78, 5) is 28.6. The first kappa shape index (κ1) is 27.3. The van der Waals surface area contributed by atoms with Gasteiger partial charge in [0, 0.05) is 35.7 Å². The molecule has 0 bridgehead atoms. The van der Waals surface area contributed by atoms with Gasteiger partial charge in [-0.2, -0.15) is 5.10 Å². The average molecular weight is 510 g/mol. The van der Waals surface area contributed by atoms with E-state index in [0.29, 0.717) is 18.1 Å². The largest absolute Gasteiger partial charge is 0.383 e. The maximum absolute atomic E-state index is 13.1.